The maximum Gasteiger partial charge on any atom is 0.0417 e. The van der Waals surface area contributed by atoms with Crippen molar-refractivity contribution in [1.29, 1.82) is 0 Å². The highest BCUT2D eigenvalue weighted by Gasteiger charge is 2.13. The first-order valence-corrected chi connectivity index (χ1v) is 8.18. The van der Waals surface area contributed by atoms with Crippen LogP contribution in [0, 0.1) is 13.8 Å². The Bertz CT molecular complexity index is 551. The summed E-state index contributed by atoms with van der Waals surface area (Å²) in [4.78, 5) is 1.38. The van der Waals surface area contributed by atoms with Gasteiger partial charge in [0.05, 0.1) is 0 Å². The van der Waals surface area contributed by atoms with Gasteiger partial charge in [0.25, 0.3) is 0 Å². The minimum absolute atomic E-state index is 0.408. The second-order valence-corrected chi connectivity index (χ2v) is 6.11. The summed E-state index contributed by atoms with van der Waals surface area (Å²) in [6, 6.07) is 17.7. The minimum Gasteiger partial charge on any atom is -0.309 e. The van der Waals surface area contributed by atoms with Gasteiger partial charge in [0.15, 0.2) is 0 Å². The Morgan fingerprint density at radius 1 is 0.950 bits per heavy atom. The fraction of sp³-hybridized carbons (Fsp3) is 0.333. The molecule has 0 saturated carbocycles. The van der Waals surface area contributed by atoms with Crippen LogP contribution in [-0.4, -0.2) is 12.3 Å². The first-order valence-electron chi connectivity index (χ1n) is 7.19. The van der Waals surface area contributed by atoms with Gasteiger partial charge in [-0.3, -0.25) is 0 Å². The molecule has 0 bridgehead atoms. The Morgan fingerprint density at radius 2 is 1.60 bits per heavy atom. The predicted molar refractivity (Wildman–Crippen MR) is 89.5 cm³/mol. The molecule has 2 aromatic rings. The largest absolute Gasteiger partial charge is 0.309 e. The van der Waals surface area contributed by atoms with Gasteiger partial charge in [-0.05, 0) is 43.1 Å². The number of benzene rings is 2. The van der Waals surface area contributed by atoms with Crippen LogP contribution >= 0.6 is 11.8 Å². The highest BCUT2D eigenvalue weighted by Crippen LogP contribution is 2.28. The molecule has 0 aliphatic heterocycles. The maximum atomic E-state index is 3.61. The number of rotatable bonds is 6. The number of thioether (sulfide) groups is 1. The molecular weight excluding hydrogens is 262 g/mol. The predicted octanol–water partition coefficient (Wildman–Crippen LogP) is 4.75. The molecule has 0 aromatic heterocycles. The number of nitrogens with one attached hydrogen (secondary N) is 1. The van der Waals surface area contributed by atoms with Gasteiger partial charge >= 0.3 is 0 Å². The zero-order valence-corrected chi connectivity index (χ0v) is 13.3. The lowest BCUT2D eigenvalue weighted by atomic mass is 10.0. The quantitative estimate of drug-likeness (QED) is 0.769. The normalized spacial score (nSPS) is 12.3. The van der Waals surface area contributed by atoms with Crippen molar-refractivity contribution in [1.82, 2.24) is 5.32 Å². The molecule has 1 atom stereocenters. The lowest BCUT2D eigenvalue weighted by Crippen LogP contribution is -2.23. The third-order valence-corrected chi connectivity index (χ3v) is 4.78. The van der Waals surface area contributed by atoms with Gasteiger partial charge in [0.2, 0.25) is 0 Å². The van der Waals surface area contributed by atoms with Crippen molar-refractivity contribution >= 4 is 11.8 Å². The summed E-state index contributed by atoms with van der Waals surface area (Å²) in [6.07, 6.45) is 0. The number of hydrogen-bond acceptors (Lipinski definition) is 2. The van der Waals surface area contributed by atoms with Crippen LogP contribution in [0.2, 0.25) is 0 Å². The van der Waals surface area contributed by atoms with E-state index in [0.29, 0.717) is 6.04 Å². The summed E-state index contributed by atoms with van der Waals surface area (Å²) in [5.41, 5.74) is 4.14. The van der Waals surface area contributed by atoms with E-state index in [4.69, 9.17) is 0 Å². The Morgan fingerprint density at radius 3 is 2.25 bits per heavy atom. The Balaban J connectivity index is 2.11. The topological polar surface area (TPSA) is 12.0 Å². The Hall–Kier alpha value is -1.25. The van der Waals surface area contributed by atoms with Crippen LogP contribution in [0.15, 0.2) is 53.4 Å². The molecule has 0 heterocycles. The zero-order chi connectivity index (χ0) is 14.4. The molecule has 0 aliphatic rings. The van der Waals surface area contributed by atoms with Gasteiger partial charge in [0.1, 0.15) is 0 Å². The fourth-order valence-corrected chi connectivity index (χ4v) is 3.49. The molecule has 0 radical (unpaired) electrons. The molecule has 0 amide bonds. The molecule has 20 heavy (non-hydrogen) atoms. The smallest absolute Gasteiger partial charge is 0.0417 e. The Kier molecular flexibility index (Phi) is 5.69. The van der Waals surface area contributed by atoms with Crippen LogP contribution in [0.4, 0.5) is 0 Å². The maximum absolute atomic E-state index is 3.61. The molecule has 106 valence electrons. The summed E-state index contributed by atoms with van der Waals surface area (Å²) in [7, 11) is 0. The standard InChI is InChI=1S/C18H23NS/c1-4-19-17(16-11-7-5-9-14(16)2)13-20-18-12-8-6-10-15(18)3/h5-12,17,19H,4,13H2,1-3H3. The minimum atomic E-state index is 0.408. The van der Waals surface area contributed by atoms with Crippen molar-refractivity contribution < 1.29 is 0 Å². The summed E-state index contributed by atoms with van der Waals surface area (Å²) in [6.45, 7) is 7.54. The van der Waals surface area contributed by atoms with Crippen molar-refractivity contribution in [2.24, 2.45) is 0 Å². The first-order chi connectivity index (χ1) is 9.72. The molecule has 1 N–H and O–H groups in total. The van der Waals surface area contributed by atoms with Crippen LogP contribution < -0.4 is 5.32 Å². The van der Waals surface area contributed by atoms with Crippen molar-refractivity contribution in [2.75, 3.05) is 12.3 Å². The van der Waals surface area contributed by atoms with E-state index in [0.717, 1.165) is 12.3 Å². The molecule has 0 spiro atoms. The van der Waals surface area contributed by atoms with Crippen molar-refractivity contribution in [3.8, 4) is 0 Å². The first kappa shape index (κ1) is 15.1. The number of aryl methyl sites for hydroxylation is 2. The summed E-state index contributed by atoms with van der Waals surface area (Å²) in [5, 5.41) is 3.61. The SMILES string of the molecule is CCNC(CSc1ccccc1C)c1ccccc1C. The van der Waals surface area contributed by atoms with E-state index in [1.807, 2.05) is 11.8 Å². The average Bonchev–Trinajstić information content (AvgIpc) is 2.46. The van der Waals surface area contributed by atoms with Gasteiger partial charge in [-0.25, -0.2) is 0 Å². The molecule has 2 aromatic carbocycles. The van der Waals surface area contributed by atoms with E-state index in [9.17, 15) is 0 Å². The van der Waals surface area contributed by atoms with E-state index in [1.165, 1.54) is 21.6 Å². The monoisotopic (exact) mass is 285 g/mol. The molecule has 0 saturated heterocycles. The van der Waals surface area contributed by atoms with Gasteiger partial charge < -0.3 is 5.32 Å². The van der Waals surface area contributed by atoms with E-state index in [2.05, 4.69) is 74.6 Å². The highest BCUT2D eigenvalue weighted by molar-refractivity contribution is 7.99. The van der Waals surface area contributed by atoms with E-state index in [1.54, 1.807) is 0 Å². The number of hydrogen-bond donors (Lipinski definition) is 1. The lowest BCUT2D eigenvalue weighted by molar-refractivity contribution is 0.603. The third kappa shape index (κ3) is 3.87. The average molecular weight is 285 g/mol. The van der Waals surface area contributed by atoms with Crippen molar-refractivity contribution in [3.63, 3.8) is 0 Å². The van der Waals surface area contributed by atoms with Crippen molar-refractivity contribution in [3.05, 3.63) is 65.2 Å². The lowest BCUT2D eigenvalue weighted by Gasteiger charge is -2.20. The van der Waals surface area contributed by atoms with Crippen LogP contribution in [-0.2, 0) is 0 Å². The van der Waals surface area contributed by atoms with E-state index < -0.39 is 0 Å². The van der Waals surface area contributed by atoms with Gasteiger partial charge in [0, 0.05) is 16.7 Å². The van der Waals surface area contributed by atoms with Crippen LogP contribution in [0.5, 0.6) is 0 Å². The van der Waals surface area contributed by atoms with Crippen LogP contribution in [0.25, 0.3) is 0 Å². The van der Waals surface area contributed by atoms with Gasteiger partial charge in [-0.1, -0.05) is 49.4 Å². The van der Waals surface area contributed by atoms with E-state index in [-0.39, 0.29) is 0 Å². The summed E-state index contributed by atoms with van der Waals surface area (Å²) in [5.74, 6) is 1.06. The molecule has 1 unspecified atom stereocenters. The third-order valence-electron chi connectivity index (χ3n) is 3.51. The zero-order valence-electron chi connectivity index (χ0n) is 12.5. The molecule has 2 rings (SSSR count). The molecule has 0 fully saturated rings. The highest BCUT2D eigenvalue weighted by atomic mass is 32.2. The second-order valence-electron chi connectivity index (χ2n) is 5.04. The molecular formula is C18H23NS. The van der Waals surface area contributed by atoms with Crippen LogP contribution in [0.3, 0.4) is 0 Å². The Labute approximate surface area is 126 Å². The van der Waals surface area contributed by atoms with Gasteiger partial charge in [-0.15, -0.1) is 11.8 Å². The summed E-state index contributed by atoms with van der Waals surface area (Å²) >= 11 is 1.94. The van der Waals surface area contributed by atoms with E-state index >= 15 is 0 Å². The van der Waals surface area contributed by atoms with Crippen LogP contribution in [0.1, 0.15) is 29.7 Å². The second kappa shape index (κ2) is 7.51. The molecule has 1 nitrogen and oxygen atoms in total. The molecule has 0 aliphatic carbocycles. The molecule has 2 heteroatoms. The van der Waals surface area contributed by atoms with Gasteiger partial charge in [-0.2, -0.15) is 0 Å². The fourth-order valence-electron chi connectivity index (χ4n) is 2.37. The van der Waals surface area contributed by atoms with Crippen molar-refractivity contribution in [2.45, 2.75) is 31.7 Å². The summed E-state index contributed by atoms with van der Waals surface area (Å²) < 4.78 is 0.